The normalized spacial score (nSPS) is 10.2. The molecule has 0 bridgehead atoms. The van der Waals surface area contributed by atoms with Crippen molar-refractivity contribution in [2.24, 2.45) is 0 Å². The van der Waals surface area contributed by atoms with Crippen molar-refractivity contribution in [2.75, 3.05) is 26.1 Å². The molecular weight excluding hydrogens is 290 g/mol. The molecule has 0 atom stereocenters. The van der Waals surface area contributed by atoms with Gasteiger partial charge in [0.1, 0.15) is 17.2 Å². The SMILES string of the molecule is CCCCOc1cccc(CNc2cc(OC)ccc2OC)c1. The van der Waals surface area contributed by atoms with Gasteiger partial charge in [-0.25, -0.2) is 0 Å². The molecule has 0 spiro atoms. The van der Waals surface area contributed by atoms with Crippen LogP contribution >= 0.6 is 0 Å². The Morgan fingerprint density at radius 1 is 0.957 bits per heavy atom. The Balaban J connectivity index is 2.01. The van der Waals surface area contributed by atoms with Gasteiger partial charge in [0.15, 0.2) is 0 Å². The summed E-state index contributed by atoms with van der Waals surface area (Å²) >= 11 is 0. The van der Waals surface area contributed by atoms with Crippen LogP contribution in [0, 0.1) is 0 Å². The largest absolute Gasteiger partial charge is 0.497 e. The Kier molecular flexibility index (Phi) is 6.60. The lowest BCUT2D eigenvalue weighted by Crippen LogP contribution is -2.03. The molecule has 2 aromatic rings. The minimum atomic E-state index is 0.689. The van der Waals surface area contributed by atoms with E-state index in [1.165, 1.54) is 0 Å². The summed E-state index contributed by atoms with van der Waals surface area (Å²) in [6.07, 6.45) is 2.21. The lowest BCUT2D eigenvalue weighted by atomic mass is 10.2. The van der Waals surface area contributed by atoms with Gasteiger partial charge in [-0.15, -0.1) is 0 Å². The zero-order valence-electron chi connectivity index (χ0n) is 14.1. The molecule has 0 saturated heterocycles. The first kappa shape index (κ1) is 17.0. The summed E-state index contributed by atoms with van der Waals surface area (Å²) in [4.78, 5) is 0. The summed E-state index contributed by atoms with van der Waals surface area (Å²) < 4.78 is 16.4. The molecule has 4 nitrogen and oxygen atoms in total. The second kappa shape index (κ2) is 8.93. The zero-order valence-corrected chi connectivity index (χ0v) is 14.1. The zero-order chi connectivity index (χ0) is 16.5. The summed E-state index contributed by atoms with van der Waals surface area (Å²) in [7, 11) is 3.32. The summed E-state index contributed by atoms with van der Waals surface area (Å²) in [5, 5.41) is 3.39. The molecule has 0 heterocycles. The molecule has 0 radical (unpaired) electrons. The number of ether oxygens (including phenoxy) is 3. The Bertz CT molecular complexity index is 613. The molecule has 0 amide bonds. The van der Waals surface area contributed by atoms with Gasteiger partial charge in [0.25, 0.3) is 0 Å². The van der Waals surface area contributed by atoms with E-state index >= 15 is 0 Å². The summed E-state index contributed by atoms with van der Waals surface area (Å²) in [5.74, 6) is 2.50. The average Bonchev–Trinajstić information content (AvgIpc) is 2.60. The van der Waals surface area contributed by atoms with Crippen molar-refractivity contribution in [3.05, 3.63) is 48.0 Å². The van der Waals surface area contributed by atoms with Crippen molar-refractivity contribution in [3.63, 3.8) is 0 Å². The number of hydrogen-bond donors (Lipinski definition) is 1. The van der Waals surface area contributed by atoms with Crippen LogP contribution in [0.1, 0.15) is 25.3 Å². The summed E-state index contributed by atoms with van der Waals surface area (Å²) in [5.41, 5.74) is 2.06. The monoisotopic (exact) mass is 315 g/mol. The van der Waals surface area contributed by atoms with Crippen molar-refractivity contribution in [1.82, 2.24) is 0 Å². The van der Waals surface area contributed by atoms with E-state index in [1.807, 2.05) is 30.3 Å². The number of methoxy groups -OCH3 is 2. The minimum absolute atomic E-state index is 0.689. The molecule has 2 aromatic carbocycles. The molecule has 0 saturated carbocycles. The first-order chi connectivity index (χ1) is 11.3. The number of anilines is 1. The minimum Gasteiger partial charge on any atom is -0.497 e. The number of nitrogens with one attached hydrogen (secondary N) is 1. The predicted molar refractivity (Wildman–Crippen MR) is 93.7 cm³/mol. The Labute approximate surface area is 138 Å². The van der Waals surface area contributed by atoms with Gasteiger partial charge in [0, 0.05) is 12.6 Å². The van der Waals surface area contributed by atoms with E-state index in [0.717, 1.165) is 47.9 Å². The highest BCUT2D eigenvalue weighted by molar-refractivity contribution is 5.60. The van der Waals surface area contributed by atoms with Crippen molar-refractivity contribution in [1.29, 1.82) is 0 Å². The van der Waals surface area contributed by atoms with Crippen molar-refractivity contribution < 1.29 is 14.2 Å². The first-order valence-electron chi connectivity index (χ1n) is 7.94. The Morgan fingerprint density at radius 2 is 1.83 bits per heavy atom. The Hall–Kier alpha value is -2.36. The molecule has 0 fully saturated rings. The van der Waals surface area contributed by atoms with E-state index < -0.39 is 0 Å². The topological polar surface area (TPSA) is 39.7 Å². The highest BCUT2D eigenvalue weighted by atomic mass is 16.5. The van der Waals surface area contributed by atoms with Gasteiger partial charge in [-0.05, 0) is 36.2 Å². The van der Waals surface area contributed by atoms with E-state index in [1.54, 1.807) is 14.2 Å². The van der Waals surface area contributed by atoms with Crippen LogP contribution in [-0.4, -0.2) is 20.8 Å². The van der Waals surface area contributed by atoms with Crippen LogP contribution in [0.15, 0.2) is 42.5 Å². The van der Waals surface area contributed by atoms with Gasteiger partial charge in [0.2, 0.25) is 0 Å². The highest BCUT2D eigenvalue weighted by Crippen LogP contribution is 2.29. The van der Waals surface area contributed by atoms with Gasteiger partial charge >= 0.3 is 0 Å². The molecule has 0 aliphatic rings. The molecule has 0 unspecified atom stereocenters. The third kappa shape index (κ3) is 5.09. The molecular formula is C19H25NO3. The lowest BCUT2D eigenvalue weighted by Gasteiger charge is -2.13. The van der Waals surface area contributed by atoms with E-state index in [-0.39, 0.29) is 0 Å². The van der Waals surface area contributed by atoms with E-state index in [2.05, 4.69) is 24.4 Å². The quantitative estimate of drug-likeness (QED) is 0.692. The second-order valence-electron chi connectivity index (χ2n) is 5.27. The standard InChI is InChI=1S/C19H25NO3/c1-4-5-11-23-17-8-6-7-15(12-17)14-20-18-13-16(21-2)9-10-19(18)22-3/h6-10,12-13,20H,4-5,11,14H2,1-3H3. The maximum absolute atomic E-state index is 5.75. The van der Waals surface area contributed by atoms with Crippen LogP contribution in [0.2, 0.25) is 0 Å². The van der Waals surface area contributed by atoms with Gasteiger partial charge in [-0.2, -0.15) is 0 Å². The molecule has 23 heavy (non-hydrogen) atoms. The van der Waals surface area contributed by atoms with Gasteiger partial charge in [-0.3, -0.25) is 0 Å². The average molecular weight is 315 g/mol. The van der Waals surface area contributed by atoms with Crippen LogP contribution in [-0.2, 0) is 6.54 Å². The molecule has 0 aromatic heterocycles. The van der Waals surface area contributed by atoms with Gasteiger partial charge in [-0.1, -0.05) is 25.5 Å². The van der Waals surface area contributed by atoms with Crippen molar-refractivity contribution in [3.8, 4) is 17.2 Å². The Morgan fingerprint density at radius 3 is 2.57 bits per heavy atom. The predicted octanol–water partition coefficient (Wildman–Crippen LogP) is 4.49. The van der Waals surface area contributed by atoms with E-state index in [4.69, 9.17) is 14.2 Å². The van der Waals surface area contributed by atoms with Crippen LogP contribution in [0.3, 0.4) is 0 Å². The molecule has 124 valence electrons. The van der Waals surface area contributed by atoms with Gasteiger partial charge in [0.05, 0.1) is 26.5 Å². The van der Waals surface area contributed by atoms with Crippen LogP contribution in [0.25, 0.3) is 0 Å². The maximum Gasteiger partial charge on any atom is 0.142 e. The van der Waals surface area contributed by atoms with E-state index in [0.29, 0.717) is 6.54 Å². The van der Waals surface area contributed by atoms with Gasteiger partial charge < -0.3 is 19.5 Å². The van der Waals surface area contributed by atoms with Crippen LogP contribution in [0.4, 0.5) is 5.69 Å². The van der Waals surface area contributed by atoms with E-state index in [9.17, 15) is 0 Å². The number of hydrogen-bond acceptors (Lipinski definition) is 4. The third-order valence-corrected chi connectivity index (χ3v) is 3.55. The molecule has 4 heteroatoms. The fourth-order valence-corrected chi connectivity index (χ4v) is 2.23. The maximum atomic E-state index is 5.75. The van der Waals surface area contributed by atoms with Crippen LogP contribution < -0.4 is 19.5 Å². The molecule has 1 N–H and O–H groups in total. The third-order valence-electron chi connectivity index (χ3n) is 3.55. The van der Waals surface area contributed by atoms with Crippen molar-refractivity contribution >= 4 is 5.69 Å². The second-order valence-corrected chi connectivity index (χ2v) is 5.27. The molecule has 0 aliphatic carbocycles. The summed E-state index contributed by atoms with van der Waals surface area (Å²) in [6, 6.07) is 13.9. The van der Waals surface area contributed by atoms with Crippen LogP contribution in [0.5, 0.6) is 17.2 Å². The fourth-order valence-electron chi connectivity index (χ4n) is 2.23. The number of unbranched alkanes of at least 4 members (excludes halogenated alkanes) is 1. The number of rotatable bonds is 9. The molecule has 0 aliphatic heterocycles. The number of benzene rings is 2. The smallest absolute Gasteiger partial charge is 0.142 e. The van der Waals surface area contributed by atoms with Crippen molar-refractivity contribution in [2.45, 2.75) is 26.3 Å². The first-order valence-corrected chi connectivity index (χ1v) is 7.94. The fraction of sp³-hybridized carbons (Fsp3) is 0.368. The lowest BCUT2D eigenvalue weighted by molar-refractivity contribution is 0.309. The summed E-state index contributed by atoms with van der Waals surface area (Å²) in [6.45, 7) is 3.61. The molecule has 2 rings (SSSR count). The highest BCUT2D eigenvalue weighted by Gasteiger charge is 2.05.